The molecule has 0 bridgehead atoms. The molecule has 1 aliphatic rings. The number of thiophene rings is 1. The van der Waals surface area contributed by atoms with Crippen molar-refractivity contribution in [3.8, 4) is 5.75 Å². The zero-order valence-electron chi connectivity index (χ0n) is 13.5. The normalized spacial score (nSPS) is 13.4. The summed E-state index contributed by atoms with van der Waals surface area (Å²) in [5.41, 5.74) is 1.66. The Morgan fingerprint density at radius 1 is 1.33 bits per heavy atom. The molecule has 0 spiro atoms. The maximum atomic E-state index is 12.1. The van der Waals surface area contributed by atoms with E-state index in [2.05, 4.69) is 5.32 Å². The van der Waals surface area contributed by atoms with Crippen LogP contribution >= 0.6 is 11.3 Å². The predicted molar refractivity (Wildman–Crippen MR) is 93.2 cm³/mol. The van der Waals surface area contributed by atoms with E-state index < -0.39 is 0 Å². The van der Waals surface area contributed by atoms with Crippen LogP contribution in [-0.4, -0.2) is 36.4 Å². The van der Waals surface area contributed by atoms with Crippen LogP contribution in [0, 0.1) is 0 Å². The number of carbonyl (C=O) groups excluding carboxylic acids is 2. The fourth-order valence-electron chi connectivity index (χ4n) is 2.22. The van der Waals surface area contributed by atoms with Crippen LogP contribution in [-0.2, 0) is 11.3 Å². The van der Waals surface area contributed by atoms with Crippen LogP contribution in [0.1, 0.15) is 28.8 Å². The van der Waals surface area contributed by atoms with Crippen molar-refractivity contribution >= 4 is 23.2 Å². The molecule has 1 saturated carbocycles. The van der Waals surface area contributed by atoms with Gasteiger partial charge < -0.3 is 15.0 Å². The monoisotopic (exact) mass is 344 g/mol. The Labute approximate surface area is 145 Å². The van der Waals surface area contributed by atoms with Crippen LogP contribution in [0.15, 0.2) is 41.1 Å². The van der Waals surface area contributed by atoms with Gasteiger partial charge in [0.05, 0.1) is 0 Å². The number of rotatable bonds is 7. The average molecular weight is 344 g/mol. The highest BCUT2D eigenvalue weighted by molar-refractivity contribution is 7.07. The number of amides is 2. The summed E-state index contributed by atoms with van der Waals surface area (Å²) in [6, 6.07) is 9.24. The quantitative estimate of drug-likeness (QED) is 0.840. The van der Waals surface area contributed by atoms with Crippen molar-refractivity contribution in [2.45, 2.75) is 25.4 Å². The maximum absolute atomic E-state index is 12.1. The molecule has 3 rings (SSSR count). The number of likely N-dealkylation sites (N-methyl/N-ethyl adjacent to an activating group) is 1. The first-order valence-corrected chi connectivity index (χ1v) is 8.85. The van der Waals surface area contributed by atoms with Crippen molar-refractivity contribution in [3.05, 3.63) is 52.2 Å². The zero-order chi connectivity index (χ0) is 16.9. The Bertz CT molecular complexity index is 711. The molecule has 1 N–H and O–H groups in total. The molecular weight excluding hydrogens is 324 g/mol. The number of hydrogen-bond donors (Lipinski definition) is 1. The molecular formula is C18H20N2O3S. The first-order chi connectivity index (χ1) is 11.6. The highest BCUT2D eigenvalue weighted by Gasteiger charge is 2.23. The molecule has 2 amide bonds. The molecule has 24 heavy (non-hydrogen) atoms. The Balaban J connectivity index is 1.51. The number of nitrogens with zero attached hydrogens (tertiary/aromatic N) is 1. The molecule has 126 valence electrons. The van der Waals surface area contributed by atoms with E-state index in [0.29, 0.717) is 23.9 Å². The second-order valence-corrected chi connectivity index (χ2v) is 6.73. The van der Waals surface area contributed by atoms with Gasteiger partial charge in [-0.25, -0.2) is 0 Å². The van der Waals surface area contributed by atoms with Gasteiger partial charge in [0, 0.05) is 25.2 Å². The Hall–Kier alpha value is -2.34. The van der Waals surface area contributed by atoms with Crippen LogP contribution in [0.25, 0.3) is 0 Å². The minimum Gasteiger partial charge on any atom is -0.484 e. The topological polar surface area (TPSA) is 58.6 Å². The third kappa shape index (κ3) is 4.58. The van der Waals surface area contributed by atoms with Crippen molar-refractivity contribution in [1.82, 2.24) is 10.2 Å². The second-order valence-electron chi connectivity index (χ2n) is 5.95. The summed E-state index contributed by atoms with van der Waals surface area (Å²) < 4.78 is 5.55. The standard InChI is InChI=1S/C18H20N2O3S/c1-20(10-13-7-8-24-12-13)17(21)11-23-16-4-2-3-14(9-16)18(22)19-15-5-6-15/h2-4,7-9,12,15H,5-6,10-11H2,1H3,(H,19,22). The highest BCUT2D eigenvalue weighted by Crippen LogP contribution is 2.20. The molecule has 0 radical (unpaired) electrons. The van der Waals surface area contributed by atoms with E-state index in [9.17, 15) is 9.59 Å². The van der Waals surface area contributed by atoms with Gasteiger partial charge in [-0.2, -0.15) is 11.3 Å². The van der Waals surface area contributed by atoms with Gasteiger partial charge in [0.2, 0.25) is 0 Å². The van der Waals surface area contributed by atoms with Crippen molar-refractivity contribution in [1.29, 1.82) is 0 Å². The van der Waals surface area contributed by atoms with Crippen LogP contribution in [0.4, 0.5) is 0 Å². The molecule has 1 aromatic carbocycles. The molecule has 0 atom stereocenters. The lowest BCUT2D eigenvalue weighted by Gasteiger charge is -2.17. The van der Waals surface area contributed by atoms with E-state index in [4.69, 9.17) is 4.74 Å². The Kier molecular flexibility index (Phi) is 5.15. The van der Waals surface area contributed by atoms with Crippen molar-refractivity contribution in [2.24, 2.45) is 0 Å². The SMILES string of the molecule is CN(Cc1ccsc1)C(=O)COc1cccc(C(=O)NC2CC2)c1. The van der Waals surface area contributed by atoms with Gasteiger partial charge >= 0.3 is 0 Å². The van der Waals surface area contributed by atoms with Crippen molar-refractivity contribution < 1.29 is 14.3 Å². The number of benzene rings is 1. The lowest BCUT2D eigenvalue weighted by Crippen LogP contribution is -2.30. The van der Waals surface area contributed by atoms with Crippen LogP contribution in [0.5, 0.6) is 5.75 Å². The third-order valence-corrected chi connectivity index (χ3v) is 4.53. The lowest BCUT2D eigenvalue weighted by atomic mass is 10.2. The summed E-state index contributed by atoms with van der Waals surface area (Å²) in [6.45, 7) is 0.518. The summed E-state index contributed by atoms with van der Waals surface area (Å²) in [4.78, 5) is 25.8. The van der Waals surface area contributed by atoms with E-state index in [1.165, 1.54) is 0 Å². The average Bonchev–Trinajstić information content (AvgIpc) is 3.25. The first-order valence-electron chi connectivity index (χ1n) is 7.90. The van der Waals surface area contributed by atoms with Gasteiger partial charge in [-0.05, 0) is 53.4 Å². The molecule has 0 aliphatic heterocycles. The summed E-state index contributed by atoms with van der Waals surface area (Å²) in [5, 5.41) is 6.95. The van der Waals surface area contributed by atoms with E-state index >= 15 is 0 Å². The maximum Gasteiger partial charge on any atom is 0.260 e. The highest BCUT2D eigenvalue weighted by atomic mass is 32.1. The number of nitrogens with one attached hydrogen (secondary N) is 1. The molecule has 1 fully saturated rings. The fraction of sp³-hybridized carbons (Fsp3) is 0.333. The van der Waals surface area contributed by atoms with E-state index in [-0.39, 0.29) is 18.4 Å². The van der Waals surface area contributed by atoms with Crippen LogP contribution in [0.3, 0.4) is 0 Å². The molecule has 1 aliphatic carbocycles. The van der Waals surface area contributed by atoms with Gasteiger partial charge in [-0.3, -0.25) is 9.59 Å². The second kappa shape index (κ2) is 7.49. The van der Waals surface area contributed by atoms with E-state index in [1.54, 1.807) is 47.5 Å². The largest absolute Gasteiger partial charge is 0.484 e. The minimum absolute atomic E-state index is 0.0473. The minimum atomic E-state index is -0.103. The number of ether oxygens (including phenoxy) is 1. The smallest absolute Gasteiger partial charge is 0.260 e. The molecule has 5 nitrogen and oxygen atoms in total. The third-order valence-electron chi connectivity index (χ3n) is 3.80. The molecule has 1 heterocycles. The van der Waals surface area contributed by atoms with Gasteiger partial charge in [-0.15, -0.1) is 0 Å². The predicted octanol–water partition coefficient (Wildman–Crippen LogP) is 2.68. The molecule has 1 aromatic heterocycles. The van der Waals surface area contributed by atoms with E-state index in [1.807, 2.05) is 16.8 Å². The Morgan fingerprint density at radius 2 is 2.17 bits per heavy atom. The summed E-state index contributed by atoms with van der Waals surface area (Å²) in [5.74, 6) is 0.327. The van der Waals surface area contributed by atoms with Crippen LogP contribution < -0.4 is 10.1 Å². The Morgan fingerprint density at radius 3 is 2.88 bits per heavy atom. The summed E-state index contributed by atoms with van der Waals surface area (Å²) >= 11 is 1.61. The number of hydrogen-bond acceptors (Lipinski definition) is 4. The van der Waals surface area contributed by atoms with Gasteiger partial charge in [0.1, 0.15) is 5.75 Å². The fourth-order valence-corrected chi connectivity index (χ4v) is 2.88. The van der Waals surface area contributed by atoms with E-state index in [0.717, 1.165) is 18.4 Å². The van der Waals surface area contributed by atoms with Crippen molar-refractivity contribution in [2.75, 3.05) is 13.7 Å². The molecule has 2 aromatic rings. The van der Waals surface area contributed by atoms with Gasteiger partial charge in [-0.1, -0.05) is 6.07 Å². The molecule has 0 saturated heterocycles. The van der Waals surface area contributed by atoms with Gasteiger partial charge in [0.15, 0.2) is 6.61 Å². The first kappa shape index (κ1) is 16.5. The summed E-state index contributed by atoms with van der Waals surface area (Å²) in [7, 11) is 1.75. The van der Waals surface area contributed by atoms with Crippen molar-refractivity contribution in [3.63, 3.8) is 0 Å². The molecule has 6 heteroatoms. The number of carbonyl (C=O) groups is 2. The summed E-state index contributed by atoms with van der Waals surface area (Å²) in [6.07, 6.45) is 2.10. The van der Waals surface area contributed by atoms with Gasteiger partial charge in [0.25, 0.3) is 11.8 Å². The lowest BCUT2D eigenvalue weighted by molar-refractivity contribution is -0.132. The van der Waals surface area contributed by atoms with Crippen LogP contribution in [0.2, 0.25) is 0 Å². The zero-order valence-corrected chi connectivity index (χ0v) is 14.3. The molecule has 0 unspecified atom stereocenters.